The normalized spacial score (nSPS) is 13.2. The number of ether oxygens (including phenoxy) is 2. The molecule has 5 heterocycles. The van der Waals surface area contributed by atoms with E-state index in [1.807, 2.05) is 72.8 Å². The summed E-state index contributed by atoms with van der Waals surface area (Å²) in [5.41, 5.74) is 4.97. The highest BCUT2D eigenvalue weighted by Crippen LogP contribution is 2.29. The second kappa shape index (κ2) is 12.1. The van der Waals surface area contributed by atoms with Crippen molar-refractivity contribution in [2.45, 2.75) is 25.7 Å². The van der Waals surface area contributed by atoms with Crippen molar-refractivity contribution in [1.82, 2.24) is 24.8 Å². The average Bonchev–Trinajstić information content (AvgIpc) is 3.67. The van der Waals surface area contributed by atoms with Gasteiger partial charge in [-0.2, -0.15) is 0 Å². The van der Waals surface area contributed by atoms with Gasteiger partial charge >= 0.3 is 0 Å². The van der Waals surface area contributed by atoms with Crippen molar-refractivity contribution in [3.8, 4) is 17.1 Å². The molecule has 0 bridgehead atoms. The van der Waals surface area contributed by atoms with Gasteiger partial charge in [-0.15, -0.1) is 0 Å². The summed E-state index contributed by atoms with van der Waals surface area (Å²) in [5.74, 6) is 0.742. The first kappa shape index (κ1) is 28.5. The Morgan fingerprint density at radius 2 is 1.81 bits per heavy atom. The van der Waals surface area contributed by atoms with Crippen molar-refractivity contribution in [3.05, 3.63) is 119 Å². The second-order valence-corrected chi connectivity index (χ2v) is 11.5. The van der Waals surface area contributed by atoms with Crippen LogP contribution >= 0.6 is 0 Å². The van der Waals surface area contributed by atoms with E-state index >= 15 is 0 Å². The Kier molecular flexibility index (Phi) is 7.35. The van der Waals surface area contributed by atoms with Crippen LogP contribution in [0.3, 0.4) is 0 Å². The topological polar surface area (TPSA) is 136 Å². The van der Waals surface area contributed by atoms with E-state index in [4.69, 9.17) is 13.9 Å². The maximum atomic E-state index is 13.9. The van der Waals surface area contributed by atoms with Gasteiger partial charge in [0.15, 0.2) is 0 Å². The summed E-state index contributed by atoms with van der Waals surface area (Å²) in [5, 5.41) is 9.16. The summed E-state index contributed by atoms with van der Waals surface area (Å²) in [6, 6.07) is 25.0. The van der Waals surface area contributed by atoms with Gasteiger partial charge in [0.2, 0.25) is 5.91 Å². The highest BCUT2D eigenvalue weighted by Gasteiger charge is 2.21. The molecule has 0 aliphatic carbocycles. The van der Waals surface area contributed by atoms with E-state index < -0.39 is 0 Å². The minimum absolute atomic E-state index is 0.0349. The Labute approximate surface area is 268 Å². The molecule has 4 aromatic heterocycles. The first-order valence-electron chi connectivity index (χ1n) is 15.3. The van der Waals surface area contributed by atoms with Crippen molar-refractivity contribution in [2.75, 3.05) is 18.5 Å². The van der Waals surface area contributed by atoms with Crippen molar-refractivity contribution in [2.24, 2.45) is 0 Å². The van der Waals surface area contributed by atoms with Crippen LogP contribution in [0.2, 0.25) is 0 Å². The number of nitrogens with one attached hydrogen (secondary N) is 3. The van der Waals surface area contributed by atoms with Gasteiger partial charge in [0.1, 0.15) is 41.1 Å². The SMILES string of the molecule is O=C(Cn1c(-c2ccc(OC3COC3)cc2)ncc(NCc2ccc3oc4ccccc4c3c2)c1=O)NCc1cc2cnccc2[nH]1. The lowest BCUT2D eigenvalue weighted by molar-refractivity contribution is -0.121. The van der Waals surface area contributed by atoms with Gasteiger partial charge in [0.05, 0.1) is 26.0 Å². The fourth-order valence-electron chi connectivity index (χ4n) is 5.75. The number of carbonyl (C=O) groups is 1. The molecule has 1 saturated heterocycles. The number of nitrogens with zero attached hydrogens (tertiary/aromatic N) is 3. The lowest BCUT2D eigenvalue weighted by Crippen LogP contribution is -2.38. The number of aromatic nitrogens is 4. The number of benzene rings is 3. The third-order valence-corrected chi connectivity index (χ3v) is 8.25. The molecular weight excluding hydrogens is 596 g/mol. The van der Waals surface area contributed by atoms with E-state index in [0.29, 0.717) is 36.9 Å². The fourth-order valence-corrected chi connectivity index (χ4v) is 5.75. The maximum absolute atomic E-state index is 13.9. The third kappa shape index (κ3) is 5.80. The monoisotopic (exact) mass is 626 g/mol. The molecule has 0 atom stereocenters. The molecule has 1 aliphatic rings. The number of furan rings is 1. The molecule has 3 N–H and O–H groups in total. The van der Waals surface area contributed by atoms with Gasteiger partial charge in [-0.3, -0.25) is 19.1 Å². The Morgan fingerprint density at radius 1 is 0.957 bits per heavy atom. The van der Waals surface area contributed by atoms with E-state index in [-0.39, 0.29) is 36.3 Å². The lowest BCUT2D eigenvalue weighted by Gasteiger charge is -2.26. The number of aromatic amines is 1. The van der Waals surface area contributed by atoms with Gasteiger partial charge in [-0.05, 0) is 60.2 Å². The van der Waals surface area contributed by atoms with E-state index in [2.05, 4.69) is 31.7 Å². The molecule has 11 nitrogen and oxygen atoms in total. The molecule has 0 spiro atoms. The number of carbonyl (C=O) groups excluding carboxylic acids is 1. The van der Waals surface area contributed by atoms with Crippen LogP contribution in [0.25, 0.3) is 44.2 Å². The number of hydrogen-bond acceptors (Lipinski definition) is 8. The number of rotatable bonds is 10. The molecule has 47 heavy (non-hydrogen) atoms. The summed E-state index contributed by atoms with van der Waals surface area (Å²) in [6.07, 6.45) is 5.03. The van der Waals surface area contributed by atoms with Gasteiger partial charge in [0, 0.05) is 51.9 Å². The first-order chi connectivity index (χ1) is 23.1. The largest absolute Gasteiger partial charge is 0.486 e. The maximum Gasteiger partial charge on any atom is 0.277 e. The Hall–Kier alpha value is -5.94. The van der Waals surface area contributed by atoms with Gasteiger partial charge in [0.25, 0.3) is 5.56 Å². The molecule has 0 saturated carbocycles. The van der Waals surface area contributed by atoms with E-state index in [1.165, 1.54) is 10.8 Å². The Bertz CT molecular complexity index is 2270. The van der Waals surface area contributed by atoms with Crippen LogP contribution in [0.4, 0.5) is 5.69 Å². The van der Waals surface area contributed by atoms with E-state index in [1.54, 1.807) is 12.4 Å². The van der Waals surface area contributed by atoms with Crippen molar-refractivity contribution in [1.29, 1.82) is 0 Å². The molecule has 1 amide bonds. The number of fused-ring (bicyclic) bond motifs is 4. The zero-order valence-electron chi connectivity index (χ0n) is 25.2. The van der Waals surface area contributed by atoms with Crippen molar-refractivity contribution < 1.29 is 18.7 Å². The third-order valence-electron chi connectivity index (χ3n) is 8.25. The number of anilines is 1. The zero-order valence-corrected chi connectivity index (χ0v) is 25.2. The minimum Gasteiger partial charge on any atom is -0.486 e. The summed E-state index contributed by atoms with van der Waals surface area (Å²) < 4.78 is 18.4. The fraction of sp³-hybridized carbons (Fsp3) is 0.167. The predicted octanol–water partition coefficient (Wildman–Crippen LogP) is 5.39. The zero-order chi connectivity index (χ0) is 31.7. The van der Waals surface area contributed by atoms with Gasteiger partial charge in [-0.1, -0.05) is 24.3 Å². The summed E-state index contributed by atoms with van der Waals surface area (Å²) >= 11 is 0. The van der Waals surface area contributed by atoms with Crippen LogP contribution in [0.1, 0.15) is 11.3 Å². The van der Waals surface area contributed by atoms with Crippen molar-refractivity contribution in [3.63, 3.8) is 0 Å². The highest BCUT2D eigenvalue weighted by molar-refractivity contribution is 6.05. The highest BCUT2D eigenvalue weighted by atomic mass is 16.6. The smallest absolute Gasteiger partial charge is 0.277 e. The molecule has 8 rings (SSSR count). The van der Waals surface area contributed by atoms with Crippen LogP contribution in [-0.2, 0) is 29.2 Å². The number of pyridine rings is 1. The van der Waals surface area contributed by atoms with Crippen LogP contribution < -0.4 is 20.9 Å². The molecule has 1 aliphatic heterocycles. The number of H-pyrrole nitrogens is 1. The molecule has 1 fully saturated rings. The molecule has 234 valence electrons. The number of hydrogen-bond donors (Lipinski definition) is 3. The summed E-state index contributed by atoms with van der Waals surface area (Å²) in [4.78, 5) is 39.3. The molecule has 11 heteroatoms. The predicted molar refractivity (Wildman–Crippen MR) is 178 cm³/mol. The van der Waals surface area contributed by atoms with Crippen LogP contribution in [0, 0.1) is 0 Å². The van der Waals surface area contributed by atoms with Gasteiger partial charge in [-0.25, -0.2) is 4.98 Å². The number of para-hydroxylation sites is 1. The molecule has 3 aromatic carbocycles. The van der Waals surface area contributed by atoms with Crippen molar-refractivity contribution >= 4 is 44.4 Å². The van der Waals surface area contributed by atoms with Crippen LogP contribution in [0.5, 0.6) is 5.75 Å². The average molecular weight is 627 g/mol. The molecule has 0 unspecified atom stereocenters. The summed E-state index contributed by atoms with van der Waals surface area (Å²) in [6.45, 7) is 1.56. The van der Waals surface area contributed by atoms with Crippen LogP contribution in [-0.4, -0.2) is 44.7 Å². The molecular formula is C36H30N6O5. The lowest BCUT2D eigenvalue weighted by atomic mass is 10.1. The Balaban J connectivity index is 1.05. The first-order valence-corrected chi connectivity index (χ1v) is 15.3. The van der Waals surface area contributed by atoms with E-state index in [0.717, 1.165) is 44.1 Å². The summed E-state index contributed by atoms with van der Waals surface area (Å²) in [7, 11) is 0. The van der Waals surface area contributed by atoms with Gasteiger partial charge < -0.3 is 29.5 Å². The van der Waals surface area contributed by atoms with Crippen LogP contribution in [0.15, 0.2) is 107 Å². The second-order valence-electron chi connectivity index (χ2n) is 11.5. The molecule has 0 radical (unpaired) electrons. The molecule has 7 aromatic rings. The number of amides is 1. The van der Waals surface area contributed by atoms with E-state index in [9.17, 15) is 9.59 Å². The standard InChI is InChI=1S/C36H30N6O5/c43-34(39-17-25-14-24-16-37-12-11-30(24)41-25)19-42-35(23-6-8-26(9-7-23)46-27-20-45-21-27)40-18-31(36(42)44)38-15-22-5-10-33-29(13-22)28-3-1-2-4-32(28)47-33/h1-14,16,18,27,38,41H,15,17,19-21H2,(H,39,43). The minimum atomic E-state index is -0.358. The quantitative estimate of drug-likeness (QED) is 0.184. The Morgan fingerprint density at radius 3 is 2.64 bits per heavy atom.